The van der Waals surface area contributed by atoms with Crippen molar-refractivity contribution in [2.24, 2.45) is 0 Å². The first kappa shape index (κ1) is 11.9. The molecule has 0 aliphatic rings. The normalized spacial score (nSPS) is 10.2. The average Bonchev–Trinajstić information content (AvgIpc) is 2.48. The molecule has 0 aliphatic heterocycles. The first-order valence-electron chi connectivity index (χ1n) is 5.89. The number of aromatic nitrogens is 2. The van der Waals surface area contributed by atoms with Gasteiger partial charge < -0.3 is 9.84 Å². The van der Waals surface area contributed by atoms with Crippen LogP contribution in [-0.2, 0) is 0 Å². The molecule has 0 spiro atoms. The van der Waals surface area contributed by atoms with Crippen molar-refractivity contribution < 1.29 is 9.84 Å². The van der Waals surface area contributed by atoms with Crippen LogP contribution in [0, 0.1) is 11.3 Å². The number of phenolic OH excluding ortho intramolecular Hbond substituents is 1. The van der Waals surface area contributed by atoms with Gasteiger partial charge in [0.1, 0.15) is 11.8 Å². The van der Waals surface area contributed by atoms with Crippen LogP contribution in [0.3, 0.4) is 0 Å². The lowest BCUT2D eigenvalue weighted by atomic mass is 10.1. The number of phenols is 1. The number of nitrogens with zero attached hydrogens (tertiary/aromatic N) is 3. The summed E-state index contributed by atoms with van der Waals surface area (Å²) in [5.41, 5.74) is 0.204. The van der Waals surface area contributed by atoms with Gasteiger partial charge in [-0.15, -0.1) is 0 Å². The first-order chi connectivity index (χ1) is 9.76. The fourth-order valence-corrected chi connectivity index (χ4v) is 1.84. The van der Waals surface area contributed by atoms with Gasteiger partial charge in [-0.05, 0) is 29.0 Å². The highest BCUT2D eigenvalue weighted by atomic mass is 16.5. The van der Waals surface area contributed by atoms with E-state index in [-0.39, 0.29) is 23.2 Å². The molecule has 0 saturated carbocycles. The molecule has 0 atom stereocenters. The van der Waals surface area contributed by atoms with Gasteiger partial charge in [-0.3, -0.25) is 0 Å². The quantitative estimate of drug-likeness (QED) is 0.768. The van der Waals surface area contributed by atoms with Crippen LogP contribution in [-0.4, -0.2) is 15.1 Å². The second kappa shape index (κ2) is 4.86. The van der Waals surface area contributed by atoms with E-state index >= 15 is 0 Å². The summed E-state index contributed by atoms with van der Waals surface area (Å²) >= 11 is 0. The number of rotatable bonds is 2. The summed E-state index contributed by atoms with van der Waals surface area (Å²) in [5.74, 6) is 0.244. The van der Waals surface area contributed by atoms with E-state index < -0.39 is 0 Å². The summed E-state index contributed by atoms with van der Waals surface area (Å²) in [6, 6.07) is 14.3. The highest BCUT2D eigenvalue weighted by molar-refractivity contribution is 5.85. The first-order valence-corrected chi connectivity index (χ1v) is 5.89. The molecule has 0 bridgehead atoms. The Labute approximate surface area is 114 Å². The zero-order valence-corrected chi connectivity index (χ0v) is 10.3. The van der Waals surface area contributed by atoms with E-state index in [0.29, 0.717) is 0 Å². The van der Waals surface area contributed by atoms with Crippen LogP contribution in [0.2, 0.25) is 0 Å². The van der Waals surface area contributed by atoms with Gasteiger partial charge in [-0.1, -0.05) is 24.3 Å². The Balaban J connectivity index is 2.01. The smallest absolute Gasteiger partial charge is 0.323 e. The molecule has 1 N–H and O–H groups in total. The summed E-state index contributed by atoms with van der Waals surface area (Å²) in [4.78, 5) is 7.81. The molecule has 3 rings (SSSR count). The Kier molecular flexibility index (Phi) is 2.90. The van der Waals surface area contributed by atoms with Crippen LogP contribution in [0.4, 0.5) is 0 Å². The van der Waals surface area contributed by atoms with Gasteiger partial charge in [0.15, 0.2) is 11.5 Å². The van der Waals surface area contributed by atoms with Crippen molar-refractivity contribution in [3.63, 3.8) is 0 Å². The molecular weight excluding hydrogens is 254 g/mol. The summed E-state index contributed by atoms with van der Waals surface area (Å²) in [5, 5.41) is 20.6. The van der Waals surface area contributed by atoms with Crippen molar-refractivity contribution in [3.05, 3.63) is 54.4 Å². The van der Waals surface area contributed by atoms with E-state index in [1.54, 1.807) is 12.1 Å². The molecule has 1 heterocycles. The van der Waals surface area contributed by atoms with Gasteiger partial charge in [0.25, 0.3) is 0 Å². The fraction of sp³-hybridized carbons (Fsp3) is 0. The van der Waals surface area contributed by atoms with Gasteiger partial charge in [0.05, 0.1) is 0 Å². The fourth-order valence-electron chi connectivity index (χ4n) is 1.84. The maximum absolute atomic E-state index is 9.95. The number of ether oxygens (including phenoxy) is 1. The molecule has 0 radical (unpaired) electrons. The zero-order valence-electron chi connectivity index (χ0n) is 10.3. The Bertz CT molecular complexity index is 825. The number of fused-ring (bicyclic) bond motifs is 1. The minimum Gasteiger partial charge on any atom is -0.504 e. The zero-order chi connectivity index (χ0) is 13.9. The van der Waals surface area contributed by atoms with E-state index in [1.165, 1.54) is 12.3 Å². The topological polar surface area (TPSA) is 79.0 Å². The third-order valence-corrected chi connectivity index (χ3v) is 2.78. The van der Waals surface area contributed by atoms with Crippen molar-refractivity contribution in [2.75, 3.05) is 0 Å². The number of nitriles is 1. The SMILES string of the molecule is N#Cc1ccnc(Oc2cc3ccccc3cc2O)n1. The highest BCUT2D eigenvalue weighted by Gasteiger charge is 2.08. The summed E-state index contributed by atoms with van der Waals surface area (Å²) in [7, 11) is 0. The maximum Gasteiger partial charge on any atom is 0.323 e. The molecule has 0 fully saturated rings. The third kappa shape index (κ3) is 2.22. The molecule has 0 saturated heterocycles. The van der Waals surface area contributed by atoms with Crippen molar-refractivity contribution in [2.45, 2.75) is 0 Å². The lowest BCUT2D eigenvalue weighted by molar-refractivity contribution is 0.393. The Hall–Kier alpha value is -3.13. The number of benzene rings is 2. The second-order valence-electron chi connectivity index (χ2n) is 4.11. The predicted molar refractivity (Wildman–Crippen MR) is 72.4 cm³/mol. The molecule has 0 amide bonds. The molecule has 1 aromatic heterocycles. The highest BCUT2D eigenvalue weighted by Crippen LogP contribution is 2.33. The van der Waals surface area contributed by atoms with E-state index in [0.717, 1.165) is 10.8 Å². The molecule has 5 heteroatoms. The van der Waals surface area contributed by atoms with E-state index in [1.807, 2.05) is 30.3 Å². The van der Waals surface area contributed by atoms with E-state index in [4.69, 9.17) is 10.00 Å². The minimum absolute atomic E-state index is 0.00494. The van der Waals surface area contributed by atoms with Crippen molar-refractivity contribution in [1.29, 1.82) is 5.26 Å². The standard InChI is InChI=1S/C15H9N3O2/c16-9-12-5-6-17-15(18-12)20-14-8-11-4-2-1-3-10(11)7-13(14)19/h1-8,19H. The predicted octanol–water partition coefficient (Wildman–Crippen LogP) is 3.00. The summed E-state index contributed by atoms with van der Waals surface area (Å²) < 4.78 is 5.44. The Morgan fingerprint density at radius 2 is 1.85 bits per heavy atom. The Morgan fingerprint density at radius 3 is 2.60 bits per heavy atom. The Morgan fingerprint density at radius 1 is 1.10 bits per heavy atom. The molecule has 96 valence electrons. The van der Waals surface area contributed by atoms with Gasteiger partial charge in [-0.2, -0.15) is 10.2 Å². The van der Waals surface area contributed by atoms with Crippen molar-refractivity contribution in [3.8, 4) is 23.6 Å². The van der Waals surface area contributed by atoms with Gasteiger partial charge in [0.2, 0.25) is 0 Å². The maximum atomic E-state index is 9.95. The van der Waals surface area contributed by atoms with Crippen LogP contribution in [0.1, 0.15) is 5.69 Å². The number of hydrogen-bond acceptors (Lipinski definition) is 5. The molecule has 2 aromatic carbocycles. The van der Waals surface area contributed by atoms with Gasteiger partial charge >= 0.3 is 6.01 Å². The van der Waals surface area contributed by atoms with Gasteiger partial charge in [0, 0.05) is 6.20 Å². The summed E-state index contributed by atoms with van der Waals surface area (Å²) in [6.45, 7) is 0. The van der Waals surface area contributed by atoms with Gasteiger partial charge in [-0.25, -0.2) is 4.98 Å². The molecule has 20 heavy (non-hydrogen) atoms. The van der Waals surface area contributed by atoms with Crippen LogP contribution in [0.5, 0.6) is 17.5 Å². The van der Waals surface area contributed by atoms with Crippen molar-refractivity contribution in [1.82, 2.24) is 9.97 Å². The minimum atomic E-state index is -0.00494. The van der Waals surface area contributed by atoms with Crippen LogP contribution < -0.4 is 4.74 Å². The summed E-state index contributed by atoms with van der Waals surface area (Å²) in [6.07, 6.45) is 1.43. The number of hydrogen-bond donors (Lipinski definition) is 1. The lowest BCUT2D eigenvalue weighted by Crippen LogP contribution is -1.93. The van der Waals surface area contributed by atoms with Crippen LogP contribution >= 0.6 is 0 Å². The monoisotopic (exact) mass is 263 g/mol. The second-order valence-corrected chi connectivity index (χ2v) is 4.11. The van der Waals surface area contributed by atoms with Crippen LogP contribution in [0.15, 0.2) is 48.7 Å². The molecule has 3 aromatic rings. The third-order valence-electron chi connectivity index (χ3n) is 2.78. The number of aromatic hydroxyl groups is 1. The molecular formula is C15H9N3O2. The van der Waals surface area contributed by atoms with E-state index in [2.05, 4.69) is 9.97 Å². The average molecular weight is 263 g/mol. The molecule has 0 aliphatic carbocycles. The molecule has 5 nitrogen and oxygen atoms in total. The lowest BCUT2D eigenvalue weighted by Gasteiger charge is -2.07. The van der Waals surface area contributed by atoms with Crippen LogP contribution in [0.25, 0.3) is 10.8 Å². The largest absolute Gasteiger partial charge is 0.504 e. The van der Waals surface area contributed by atoms with E-state index in [9.17, 15) is 5.11 Å². The van der Waals surface area contributed by atoms with Crippen molar-refractivity contribution >= 4 is 10.8 Å². The molecule has 0 unspecified atom stereocenters.